The van der Waals surface area contributed by atoms with Crippen molar-refractivity contribution in [2.45, 2.75) is 57.5 Å². The van der Waals surface area contributed by atoms with Crippen LogP contribution in [-0.2, 0) is 4.74 Å². The monoisotopic (exact) mass is 283 g/mol. The number of nitrogens with zero attached hydrogens (tertiary/aromatic N) is 1. The Labute approximate surface area is 124 Å². The van der Waals surface area contributed by atoms with Gasteiger partial charge in [-0.25, -0.2) is 0 Å². The molecule has 2 N–H and O–H groups in total. The van der Waals surface area contributed by atoms with Crippen LogP contribution in [-0.4, -0.2) is 62.9 Å². The Bertz CT molecular complexity index is 236. The van der Waals surface area contributed by atoms with E-state index in [2.05, 4.69) is 22.5 Å². The lowest BCUT2D eigenvalue weighted by atomic mass is 10.0. The first-order valence-corrected chi connectivity index (χ1v) is 8.61. The molecule has 0 aliphatic carbocycles. The van der Waals surface area contributed by atoms with Gasteiger partial charge in [-0.15, -0.1) is 0 Å². The molecule has 2 rings (SSSR count). The van der Waals surface area contributed by atoms with Gasteiger partial charge in [0.1, 0.15) is 0 Å². The third-order valence-electron chi connectivity index (χ3n) is 4.55. The molecule has 0 aromatic carbocycles. The summed E-state index contributed by atoms with van der Waals surface area (Å²) in [6.07, 6.45) is 8.06. The van der Waals surface area contributed by atoms with E-state index < -0.39 is 0 Å². The zero-order chi connectivity index (χ0) is 14.0. The third-order valence-corrected chi connectivity index (χ3v) is 4.55. The van der Waals surface area contributed by atoms with Crippen LogP contribution in [0.5, 0.6) is 0 Å². The SMILES string of the molecule is CC(CC1CCCCCN1)NCCCN1CCOCC1. The van der Waals surface area contributed by atoms with Crippen molar-refractivity contribution >= 4 is 0 Å². The van der Waals surface area contributed by atoms with E-state index in [1.54, 1.807) is 0 Å². The van der Waals surface area contributed by atoms with Gasteiger partial charge in [-0.2, -0.15) is 0 Å². The minimum absolute atomic E-state index is 0.635. The minimum atomic E-state index is 0.635. The predicted octanol–water partition coefficient (Wildman–Crippen LogP) is 1.61. The summed E-state index contributed by atoms with van der Waals surface area (Å²) in [5, 5.41) is 7.38. The molecule has 0 aromatic rings. The molecule has 0 spiro atoms. The molecule has 0 bridgehead atoms. The highest BCUT2D eigenvalue weighted by molar-refractivity contribution is 4.76. The van der Waals surface area contributed by atoms with Crippen LogP contribution in [0, 0.1) is 0 Å². The highest BCUT2D eigenvalue weighted by Gasteiger charge is 2.14. The van der Waals surface area contributed by atoms with Gasteiger partial charge >= 0.3 is 0 Å². The van der Waals surface area contributed by atoms with Crippen molar-refractivity contribution in [1.82, 2.24) is 15.5 Å². The Morgan fingerprint density at radius 2 is 2.10 bits per heavy atom. The van der Waals surface area contributed by atoms with Crippen molar-refractivity contribution in [2.75, 3.05) is 45.9 Å². The quantitative estimate of drug-likeness (QED) is 0.696. The van der Waals surface area contributed by atoms with Crippen molar-refractivity contribution < 1.29 is 4.74 Å². The lowest BCUT2D eigenvalue weighted by molar-refractivity contribution is 0.0374. The summed E-state index contributed by atoms with van der Waals surface area (Å²) in [5.41, 5.74) is 0. The van der Waals surface area contributed by atoms with Gasteiger partial charge in [0.25, 0.3) is 0 Å². The van der Waals surface area contributed by atoms with Crippen LogP contribution < -0.4 is 10.6 Å². The van der Waals surface area contributed by atoms with E-state index in [1.165, 1.54) is 51.6 Å². The molecule has 20 heavy (non-hydrogen) atoms. The molecule has 0 saturated carbocycles. The summed E-state index contributed by atoms with van der Waals surface area (Å²) < 4.78 is 5.37. The maximum atomic E-state index is 5.37. The van der Waals surface area contributed by atoms with Crippen LogP contribution in [0.2, 0.25) is 0 Å². The standard InChI is InChI=1S/C16H33N3O/c1-15(14-16-6-3-2-4-7-18-16)17-8-5-9-19-10-12-20-13-11-19/h15-18H,2-14H2,1H3. The number of ether oxygens (including phenoxy) is 1. The zero-order valence-electron chi connectivity index (χ0n) is 13.2. The third kappa shape index (κ3) is 6.53. The molecule has 2 fully saturated rings. The first-order chi connectivity index (χ1) is 9.84. The molecule has 0 aromatic heterocycles. The van der Waals surface area contributed by atoms with Gasteiger partial charge in [0, 0.05) is 25.2 Å². The Hall–Kier alpha value is -0.160. The maximum Gasteiger partial charge on any atom is 0.0594 e. The zero-order valence-corrected chi connectivity index (χ0v) is 13.2. The normalized spacial score (nSPS) is 27.1. The lowest BCUT2D eigenvalue weighted by Crippen LogP contribution is -2.39. The maximum absolute atomic E-state index is 5.37. The number of morpholine rings is 1. The second-order valence-electron chi connectivity index (χ2n) is 6.40. The fourth-order valence-corrected chi connectivity index (χ4v) is 3.29. The predicted molar refractivity (Wildman–Crippen MR) is 84.2 cm³/mol. The van der Waals surface area contributed by atoms with E-state index in [0.717, 1.165) is 38.9 Å². The van der Waals surface area contributed by atoms with Gasteiger partial charge in [-0.1, -0.05) is 12.8 Å². The number of hydrogen-bond acceptors (Lipinski definition) is 4. The van der Waals surface area contributed by atoms with E-state index in [4.69, 9.17) is 4.74 Å². The molecule has 4 heteroatoms. The van der Waals surface area contributed by atoms with Crippen LogP contribution in [0.25, 0.3) is 0 Å². The van der Waals surface area contributed by atoms with E-state index in [1.807, 2.05) is 0 Å². The van der Waals surface area contributed by atoms with Crippen molar-refractivity contribution in [3.05, 3.63) is 0 Å². The van der Waals surface area contributed by atoms with E-state index in [0.29, 0.717) is 6.04 Å². The molecule has 2 atom stereocenters. The molecule has 0 radical (unpaired) electrons. The van der Waals surface area contributed by atoms with Gasteiger partial charge in [-0.3, -0.25) is 4.90 Å². The summed E-state index contributed by atoms with van der Waals surface area (Å²) in [4.78, 5) is 2.52. The van der Waals surface area contributed by atoms with Gasteiger partial charge in [-0.05, 0) is 52.2 Å². The van der Waals surface area contributed by atoms with Gasteiger partial charge in [0.05, 0.1) is 13.2 Å². The van der Waals surface area contributed by atoms with Crippen molar-refractivity contribution in [2.24, 2.45) is 0 Å². The van der Waals surface area contributed by atoms with Crippen LogP contribution in [0.4, 0.5) is 0 Å². The second kappa shape index (κ2) is 9.72. The van der Waals surface area contributed by atoms with Crippen LogP contribution in [0.3, 0.4) is 0 Å². The average Bonchev–Trinajstić information content (AvgIpc) is 2.73. The van der Waals surface area contributed by atoms with Crippen LogP contribution >= 0.6 is 0 Å². The molecular weight excluding hydrogens is 250 g/mol. The Morgan fingerprint density at radius 1 is 1.25 bits per heavy atom. The number of rotatable bonds is 7. The van der Waals surface area contributed by atoms with Gasteiger partial charge in [0.15, 0.2) is 0 Å². The first kappa shape index (κ1) is 16.2. The highest BCUT2D eigenvalue weighted by Crippen LogP contribution is 2.12. The molecule has 2 saturated heterocycles. The van der Waals surface area contributed by atoms with Crippen molar-refractivity contribution in [3.63, 3.8) is 0 Å². The minimum Gasteiger partial charge on any atom is -0.379 e. The highest BCUT2D eigenvalue weighted by atomic mass is 16.5. The number of nitrogens with one attached hydrogen (secondary N) is 2. The van der Waals surface area contributed by atoms with Crippen LogP contribution in [0.1, 0.15) is 45.4 Å². The molecule has 2 aliphatic rings. The molecule has 2 heterocycles. The Morgan fingerprint density at radius 3 is 2.95 bits per heavy atom. The number of hydrogen-bond donors (Lipinski definition) is 2. The van der Waals surface area contributed by atoms with Gasteiger partial charge < -0.3 is 15.4 Å². The van der Waals surface area contributed by atoms with Gasteiger partial charge in [0.2, 0.25) is 0 Å². The first-order valence-electron chi connectivity index (χ1n) is 8.61. The summed E-state index contributed by atoms with van der Waals surface area (Å²) in [5.74, 6) is 0. The van der Waals surface area contributed by atoms with Crippen LogP contribution in [0.15, 0.2) is 0 Å². The molecular formula is C16H33N3O. The smallest absolute Gasteiger partial charge is 0.0594 e. The molecule has 2 aliphatic heterocycles. The second-order valence-corrected chi connectivity index (χ2v) is 6.40. The van der Waals surface area contributed by atoms with Crippen molar-refractivity contribution in [1.29, 1.82) is 0 Å². The summed E-state index contributed by atoms with van der Waals surface area (Å²) in [6, 6.07) is 1.37. The Kier molecular flexibility index (Phi) is 7.88. The van der Waals surface area contributed by atoms with E-state index >= 15 is 0 Å². The Balaban J connectivity index is 1.49. The lowest BCUT2D eigenvalue weighted by Gasteiger charge is -2.27. The summed E-state index contributed by atoms with van der Waals surface area (Å²) in [7, 11) is 0. The summed E-state index contributed by atoms with van der Waals surface area (Å²) >= 11 is 0. The molecule has 2 unspecified atom stereocenters. The summed E-state index contributed by atoms with van der Waals surface area (Å²) in [6.45, 7) is 9.96. The fraction of sp³-hybridized carbons (Fsp3) is 1.00. The molecule has 4 nitrogen and oxygen atoms in total. The average molecular weight is 283 g/mol. The van der Waals surface area contributed by atoms with Crippen molar-refractivity contribution in [3.8, 4) is 0 Å². The topological polar surface area (TPSA) is 36.5 Å². The van der Waals surface area contributed by atoms with E-state index in [-0.39, 0.29) is 0 Å². The largest absolute Gasteiger partial charge is 0.379 e. The molecule has 118 valence electrons. The molecule has 0 amide bonds. The fourth-order valence-electron chi connectivity index (χ4n) is 3.29. The van der Waals surface area contributed by atoms with E-state index in [9.17, 15) is 0 Å².